The molecule has 2 aliphatic rings. The zero-order chi connectivity index (χ0) is 25.3. The molecule has 0 atom stereocenters. The monoisotopic (exact) mass is 527 g/mol. The number of amides is 2. The highest BCUT2D eigenvalue weighted by molar-refractivity contribution is 7.92. The lowest BCUT2D eigenvalue weighted by atomic mass is 9.95. The minimum atomic E-state index is -3.58. The summed E-state index contributed by atoms with van der Waals surface area (Å²) in [5.41, 5.74) is 2.64. The maximum Gasteiger partial charge on any atom is 0.258 e. The topological polar surface area (TPSA) is 123 Å². The zero-order valence-corrected chi connectivity index (χ0v) is 21.2. The van der Waals surface area contributed by atoms with Crippen LogP contribution in [0.2, 0.25) is 0 Å². The molecule has 9 nitrogen and oxygen atoms in total. The number of hydrogen-bond acceptors (Lipinski definition) is 7. The summed E-state index contributed by atoms with van der Waals surface area (Å²) in [5.74, 6) is 0.548. The molecule has 2 heterocycles. The number of rotatable bonds is 7. The van der Waals surface area contributed by atoms with Gasteiger partial charge in [-0.25, -0.2) is 8.42 Å². The van der Waals surface area contributed by atoms with E-state index in [1.807, 2.05) is 18.2 Å². The molecular formula is C25H25N3O6S2. The number of nitrogens with one attached hydrogen (secondary N) is 3. The molecule has 5 rings (SSSR count). The molecule has 0 bridgehead atoms. The van der Waals surface area contributed by atoms with Crippen molar-refractivity contribution in [3.8, 4) is 11.5 Å². The fourth-order valence-electron chi connectivity index (χ4n) is 4.36. The lowest BCUT2D eigenvalue weighted by Crippen LogP contribution is -2.25. The van der Waals surface area contributed by atoms with E-state index in [0.29, 0.717) is 22.1 Å². The van der Waals surface area contributed by atoms with Crippen LogP contribution in [0.15, 0.2) is 42.5 Å². The molecule has 188 valence electrons. The molecule has 36 heavy (non-hydrogen) atoms. The molecular weight excluding hydrogens is 502 g/mol. The number of benzene rings is 2. The van der Waals surface area contributed by atoms with Gasteiger partial charge in [-0.1, -0.05) is 18.2 Å². The van der Waals surface area contributed by atoms with Crippen molar-refractivity contribution in [1.29, 1.82) is 0 Å². The third-order valence-corrected chi connectivity index (χ3v) is 7.78. The smallest absolute Gasteiger partial charge is 0.258 e. The van der Waals surface area contributed by atoms with E-state index in [-0.39, 0.29) is 30.5 Å². The number of sulfonamides is 1. The van der Waals surface area contributed by atoms with Crippen molar-refractivity contribution in [2.45, 2.75) is 32.2 Å². The van der Waals surface area contributed by atoms with E-state index >= 15 is 0 Å². The predicted octanol–water partition coefficient (Wildman–Crippen LogP) is 3.91. The highest BCUT2D eigenvalue weighted by Gasteiger charge is 2.27. The van der Waals surface area contributed by atoms with Crippen LogP contribution in [0, 0.1) is 0 Å². The molecule has 3 N–H and O–H groups in total. The molecule has 0 spiro atoms. The summed E-state index contributed by atoms with van der Waals surface area (Å²) in [4.78, 5) is 27.7. The van der Waals surface area contributed by atoms with Crippen LogP contribution in [0.5, 0.6) is 11.5 Å². The standard InChI is InChI=1S/C25H25N3O6S2/c1-36(31,32)28-18-8-4-2-6-16(18)23(29)27-25-22(17-7-3-5-9-21(17)35-25)24(30)26-13-15-10-11-19-20(12-15)34-14-33-19/h2,4,6,8,10-12,28H,3,5,7,9,13-14H2,1H3,(H,26,30)(H,27,29). The first-order valence-corrected chi connectivity index (χ1v) is 14.2. The van der Waals surface area contributed by atoms with Gasteiger partial charge >= 0.3 is 0 Å². The number of carbonyl (C=O) groups is 2. The van der Waals surface area contributed by atoms with Gasteiger partial charge in [0.15, 0.2) is 11.5 Å². The van der Waals surface area contributed by atoms with Gasteiger partial charge in [0.25, 0.3) is 11.8 Å². The van der Waals surface area contributed by atoms with E-state index in [9.17, 15) is 18.0 Å². The number of thiophene rings is 1. The van der Waals surface area contributed by atoms with Crippen LogP contribution in [-0.2, 0) is 29.4 Å². The first kappa shape index (κ1) is 24.1. The Morgan fingerprint density at radius 2 is 1.78 bits per heavy atom. The molecule has 2 amide bonds. The Labute approximate surface area is 212 Å². The zero-order valence-electron chi connectivity index (χ0n) is 19.6. The van der Waals surface area contributed by atoms with Crippen LogP contribution in [-0.4, -0.2) is 33.3 Å². The van der Waals surface area contributed by atoms with Crippen LogP contribution in [0.1, 0.15) is 49.6 Å². The highest BCUT2D eigenvalue weighted by atomic mass is 32.2. The van der Waals surface area contributed by atoms with Gasteiger partial charge in [-0.2, -0.15) is 0 Å². The number of anilines is 2. The minimum absolute atomic E-state index is 0.168. The molecule has 11 heteroatoms. The van der Waals surface area contributed by atoms with Crippen molar-refractivity contribution in [2.24, 2.45) is 0 Å². The lowest BCUT2D eigenvalue weighted by Gasteiger charge is -2.14. The van der Waals surface area contributed by atoms with Gasteiger partial charge in [0, 0.05) is 11.4 Å². The number of para-hydroxylation sites is 1. The largest absolute Gasteiger partial charge is 0.454 e. The summed E-state index contributed by atoms with van der Waals surface area (Å²) >= 11 is 1.40. The maximum absolute atomic E-state index is 13.4. The Hall–Kier alpha value is -3.57. The molecule has 0 radical (unpaired) electrons. The van der Waals surface area contributed by atoms with Crippen molar-refractivity contribution in [1.82, 2.24) is 5.32 Å². The first-order chi connectivity index (χ1) is 17.3. The van der Waals surface area contributed by atoms with Crippen molar-refractivity contribution in [3.05, 3.63) is 69.6 Å². The number of fused-ring (bicyclic) bond motifs is 2. The van der Waals surface area contributed by atoms with E-state index in [0.717, 1.165) is 47.9 Å². The molecule has 0 fully saturated rings. The molecule has 1 aliphatic heterocycles. The van der Waals surface area contributed by atoms with Gasteiger partial charge in [-0.3, -0.25) is 14.3 Å². The summed E-state index contributed by atoms with van der Waals surface area (Å²) in [6.07, 6.45) is 4.64. The summed E-state index contributed by atoms with van der Waals surface area (Å²) in [5, 5.41) is 6.30. The number of hydrogen-bond donors (Lipinski definition) is 3. The fourth-order valence-corrected chi connectivity index (χ4v) is 6.22. The maximum atomic E-state index is 13.4. The van der Waals surface area contributed by atoms with Crippen LogP contribution >= 0.6 is 11.3 Å². The third-order valence-electron chi connectivity index (χ3n) is 5.98. The second-order valence-corrected chi connectivity index (χ2v) is 11.5. The third kappa shape index (κ3) is 5.17. The van der Waals surface area contributed by atoms with E-state index in [2.05, 4.69) is 15.4 Å². The van der Waals surface area contributed by atoms with Crippen LogP contribution in [0.25, 0.3) is 0 Å². The van der Waals surface area contributed by atoms with Crippen LogP contribution in [0.4, 0.5) is 10.7 Å². The average Bonchev–Trinajstić information content (AvgIpc) is 3.45. The van der Waals surface area contributed by atoms with Gasteiger partial charge in [0.05, 0.1) is 23.1 Å². The fraction of sp³-hybridized carbons (Fsp3) is 0.280. The quantitative estimate of drug-likeness (QED) is 0.428. The second-order valence-electron chi connectivity index (χ2n) is 8.66. The van der Waals surface area contributed by atoms with Gasteiger partial charge in [-0.05, 0) is 61.1 Å². The Balaban J connectivity index is 1.39. The van der Waals surface area contributed by atoms with Crippen molar-refractivity contribution in [3.63, 3.8) is 0 Å². The summed E-state index contributed by atoms with van der Waals surface area (Å²) in [6, 6.07) is 11.9. The SMILES string of the molecule is CS(=O)(=O)Nc1ccccc1C(=O)Nc1sc2c(c1C(=O)NCc1ccc3c(c1)OCO3)CCCC2. The van der Waals surface area contributed by atoms with Gasteiger partial charge < -0.3 is 20.1 Å². The number of aryl methyl sites for hydroxylation is 1. The van der Waals surface area contributed by atoms with Crippen LogP contribution < -0.4 is 24.8 Å². The van der Waals surface area contributed by atoms with Gasteiger partial charge in [-0.15, -0.1) is 11.3 Å². The lowest BCUT2D eigenvalue weighted by molar-refractivity contribution is 0.0951. The summed E-state index contributed by atoms with van der Waals surface area (Å²) < 4.78 is 36.6. The minimum Gasteiger partial charge on any atom is -0.454 e. The Morgan fingerprint density at radius 3 is 2.61 bits per heavy atom. The summed E-state index contributed by atoms with van der Waals surface area (Å²) in [6.45, 7) is 0.465. The number of ether oxygens (including phenoxy) is 2. The Bertz CT molecular complexity index is 1450. The molecule has 0 unspecified atom stereocenters. The van der Waals surface area contributed by atoms with Gasteiger partial charge in [0.2, 0.25) is 16.8 Å². The van der Waals surface area contributed by atoms with E-state index in [4.69, 9.17) is 9.47 Å². The molecule has 1 aliphatic carbocycles. The molecule has 0 saturated heterocycles. The molecule has 1 aromatic heterocycles. The second kappa shape index (κ2) is 9.82. The first-order valence-electron chi connectivity index (χ1n) is 11.5. The molecule has 0 saturated carbocycles. The average molecular weight is 528 g/mol. The Morgan fingerprint density at radius 1 is 1.00 bits per heavy atom. The van der Waals surface area contributed by atoms with E-state index in [1.165, 1.54) is 23.5 Å². The van der Waals surface area contributed by atoms with E-state index < -0.39 is 15.9 Å². The van der Waals surface area contributed by atoms with Crippen LogP contribution in [0.3, 0.4) is 0 Å². The molecule has 3 aromatic rings. The molecule has 2 aromatic carbocycles. The van der Waals surface area contributed by atoms with Crippen molar-refractivity contribution < 1.29 is 27.5 Å². The van der Waals surface area contributed by atoms with Crippen molar-refractivity contribution in [2.75, 3.05) is 23.1 Å². The Kier molecular flexibility index (Phi) is 6.59. The predicted molar refractivity (Wildman–Crippen MR) is 138 cm³/mol. The normalized spacial score (nSPS) is 14.1. The summed E-state index contributed by atoms with van der Waals surface area (Å²) in [7, 11) is -3.58. The highest BCUT2D eigenvalue weighted by Crippen LogP contribution is 2.39. The van der Waals surface area contributed by atoms with Gasteiger partial charge in [0.1, 0.15) is 5.00 Å². The number of carbonyl (C=O) groups excluding carboxylic acids is 2. The van der Waals surface area contributed by atoms with Crippen molar-refractivity contribution >= 4 is 43.9 Å². The van der Waals surface area contributed by atoms with E-state index in [1.54, 1.807) is 12.1 Å².